The van der Waals surface area contributed by atoms with Crippen molar-refractivity contribution in [2.24, 2.45) is 0 Å². The summed E-state index contributed by atoms with van der Waals surface area (Å²) in [6.07, 6.45) is 1.67. The molecule has 6 nitrogen and oxygen atoms in total. The molecule has 1 amide bonds. The zero-order valence-corrected chi connectivity index (χ0v) is 16.8. The van der Waals surface area contributed by atoms with Crippen LogP contribution in [0.2, 0.25) is 5.02 Å². The minimum absolute atomic E-state index is 0.178. The first-order valence-electron chi connectivity index (χ1n) is 7.92. The lowest BCUT2D eigenvalue weighted by molar-refractivity contribution is 0.0600. The molecule has 0 unspecified atom stereocenters. The van der Waals surface area contributed by atoms with Gasteiger partial charge in [0, 0.05) is 10.7 Å². The van der Waals surface area contributed by atoms with Crippen molar-refractivity contribution in [3.63, 3.8) is 0 Å². The summed E-state index contributed by atoms with van der Waals surface area (Å²) in [5.41, 5.74) is 1.80. The van der Waals surface area contributed by atoms with E-state index in [1.54, 1.807) is 54.6 Å². The highest BCUT2D eigenvalue weighted by atomic mass is 35.5. The molecule has 0 atom stereocenters. The molecule has 1 aromatic heterocycles. The number of anilines is 1. The number of halogens is 2. The van der Waals surface area contributed by atoms with Crippen molar-refractivity contribution in [3.05, 3.63) is 74.7 Å². The van der Waals surface area contributed by atoms with Crippen LogP contribution >= 0.6 is 34.5 Å². The van der Waals surface area contributed by atoms with Gasteiger partial charge in [-0.2, -0.15) is 0 Å². The van der Waals surface area contributed by atoms with Gasteiger partial charge in [-0.25, -0.2) is 4.79 Å². The van der Waals surface area contributed by atoms with Crippen LogP contribution in [0.4, 0.5) is 5.69 Å². The second-order valence-corrected chi connectivity index (χ2v) is 7.30. The molecule has 1 heterocycles. The van der Waals surface area contributed by atoms with Crippen LogP contribution in [-0.2, 0) is 4.74 Å². The highest BCUT2D eigenvalue weighted by Crippen LogP contribution is 2.26. The number of amides is 1. The molecule has 0 saturated carbocycles. The molecule has 0 aliphatic heterocycles. The largest absolute Gasteiger partial charge is 0.465 e. The van der Waals surface area contributed by atoms with Crippen LogP contribution in [0, 0.1) is 0 Å². The zero-order chi connectivity index (χ0) is 20.1. The van der Waals surface area contributed by atoms with Crippen molar-refractivity contribution in [1.29, 1.82) is 0 Å². The van der Waals surface area contributed by atoms with E-state index in [1.807, 2.05) is 0 Å². The second-order valence-electron chi connectivity index (χ2n) is 5.48. The van der Waals surface area contributed by atoms with Crippen LogP contribution in [0.5, 0.6) is 0 Å². The van der Waals surface area contributed by atoms with Crippen molar-refractivity contribution >= 4 is 63.2 Å². The molecule has 0 spiro atoms. The summed E-state index contributed by atoms with van der Waals surface area (Å²) in [6.45, 7) is 0. The predicted molar refractivity (Wildman–Crippen MR) is 111 cm³/mol. The third-order valence-electron chi connectivity index (χ3n) is 3.55. The van der Waals surface area contributed by atoms with Gasteiger partial charge in [0.2, 0.25) is 5.01 Å². The number of hydrogen-bond donors (Lipinski definition) is 1. The van der Waals surface area contributed by atoms with Gasteiger partial charge in [0.25, 0.3) is 5.91 Å². The maximum atomic E-state index is 12.3. The zero-order valence-electron chi connectivity index (χ0n) is 14.5. The lowest BCUT2D eigenvalue weighted by Crippen LogP contribution is -2.11. The van der Waals surface area contributed by atoms with Crippen molar-refractivity contribution < 1.29 is 14.3 Å². The first-order chi connectivity index (χ1) is 13.5. The highest BCUT2D eigenvalue weighted by molar-refractivity contribution is 7.15. The number of nitrogens with zero attached hydrogens (tertiary/aromatic N) is 2. The Morgan fingerprint density at radius 3 is 2.32 bits per heavy atom. The fourth-order valence-electron chi connectivity index (χ4n) is 2.17. The summed E-state index contributed by atoms with van der Waals surface area (Å²) in [5.74, 6) is -0.805. The number of ether oxygens (including phenoxy) is 1. The third-order valence-corrected chi connectivity index (χ3v) is 5.16. The van der Waals surface area contributed by atoms with Gasteiger partial charge < -0.3 is 10.1 Å². The van der Waals surface area contributed by atoms with Gasteiger partial charge in [0.15, 0.2) is 5.01 Å². The second kappa shape index (κ2) is 8.97. The Hall–Kier alpha value is -2.74. The average Bonchev–Trinajstić information content (AvgIpc) is 3.20. The molecule has 2 aromatic carbocycles. The maximum Gasteiger partial charge on any atom is 0.337 e. The van der Waals surface area contributed by atoms with E-state index in [0.29, 0.717) is 26.3 Å². The fourth-order valence-corrected chi connectivity index (χ4v) is 3.22. The number of rotatable bonds is 5. The monoisotopic (exact) mass is 433 g/mol. The third kappa shape index (κ3) is 4.95. The molecule has 142 valence electrons. The molecular weight excluding hydrogens is 421 g/mol. The van der Waals surface area contributed by atoms with E-state index in [1.165, 1.54) is 7.11 Å². The van der Waals surface area contributed by atoms with E-state index in [9.17, 15) is 9.59 Å². The van der Waals surface area contributed by atoms with Crippen LogP contribution < -0.4 is 5.32 Å². The summed E-state index contributed by atoms with van der Waals surface area (Å²) < 4.78 is 4.66. The smallest absolute Gasteiger partial charge is 0.337 e. The number of benzene rings is 2. The first-order valence-corrected chi connectivity index (χ1v) is 9.50. The summed E-state index contributed by atoms with van der Waals surface area (Å²) >= 11 is 13.2. The van der Waals surface area contributed by atoms with Gasteiger partial charge in [0.1, 0.15) is 0 Å². The first kappa shape index (κ1) is 20.0. The van der Waals surface area contributed by atoms with Crippen LogP contribution in [0.15, 0.2) is 48.5 Å². The van der Waals surface area contributed by atoms with Crippen LogP contribution in [-0.4, -0.2) is 29.2 Å². The molecule has 0 aliphatic carbocycles. The van der Waals surface area contributed by atoms with Gasteiger partial charge in [-0.05, 0) is 48.0 Å². The highest BCUT2D eigenvalue weighted by Gasteiger charge is 2.15. The predicted octanol–water partition coefficient (Wildman–Crippen LogP) is 4.97. The molecule has 0 saturated heterocycles. The fraction of sp³-hybridized carbons (Fsp3) is 0.0526. The Morgan fingerprint density at radius 2 is 1.68 bits per heavy atom. The number of hydrogen-bond acceptors (Lipinski definition) is 6. The summed E-state index contributed by atoms with van der Waals surface area (Å²) in [5, 5.41) is 12.0. The van der Waals surface area contributed by atoms with Crippen LogP contribution in [0.1, 0.15) is 30.7 Å². The van der Waals surface area contributed by atoms with Gasteiger partial charge in [-0.1, -0.05) is 46.7 Å². The normalized spacial score (nSPS) is 11.2. The lowest BCUT2D eigenvalue weighted by atomic mass is 10.1. The van der Waals surface area contributed by atoms with Crippen molar-refractivity contribution in [2.45, 2.75) is 0 Å². The average molecular weight is 434 g/mol. The number of aromatic nitrogens is 2. The molecule has 0 aliphatic rings. The van der Waals surface area contributed by atoms with Gasteiger partial charge in [-0.3, -0.25) is 4.79 Å². The van der Waals surface area contributed by atoms with Gasteiger partial charge >= 0.3 is 5.97 Å². The van der Waals surface area contributed by atoms with E-state index >= 15 is 0 Å². The molecule has 3 aromatic rings. The Kier molecular flexibility index (Phi) is 6.41. The van der Waals surface area contributed by atoms with E-state index in [4.69, 9.17) is 23.2 Å². The molecule has 0 fully saturated rings. The number of carbonyl (C=O) groups excluding carboxylic acids is 2. The maximum absolute atomic E-state index is 12.3. The van der Waals surface area contributed by atoms with Gasteiger partial charge in [0.05, 0.1) is 17.7 Å². The van der Waals surface area contributed by atoms with Crippen LogP contribution in [0.3, 0.4) is 0 Å². The van der Waals surface area contributed by atoms with E-state index in [2.05, 4.69) is 20.3 Å². The SMILES string of the molecule is COC(=O)c1ccc(/C=C(\Cl)c2nnc(C(=O)Nc3ccc(Cl)cc3)s2)cc1. The van der Waals surface area contributed by atoms with E-state index in [-0.39, 0.29) is 5.01 Å². The van der Waals surface area contributed by atoms with Crippen molar-refractivity contribution in [1.82, 2.24) is 10.2 Å². The number of nitrogens with one attached hydrogen (secondary N) is 1. The minimum Gasteiger partial charge on any atom is -0.465 e. The number of methoxy groups -OCH3 is 1. The van der Waals surface area contributed by atoms with E-state index < -0.39 is 11.9 Å². The lowest BCUT2D eigenvalue weighted by Gasteiger charge is -2.01. The molecule has 9 heteroatoms. The Labute approximate surface area is 174 Å². The molecule has 1 N–H and O–H groups in total. The molecule has 0 bridgehead atoms. The number of carbonyl (C=O) groups is 2. The molecule has 3 rings (SSSR count). The topological polar surface area (TPSA) is 81.2 Å². The summed E-state index contributed by atoms with van der Waals surface area (Å²) in [6, 6.07) is 13.4. The molecule has 28 heavy (non-hydrogen) atoms. The summed E-state index contributed by atoms with van der Waals surface area (Å²) in [4.78, 5) is 23.7. The minimum atomic E-state index is -0.415. The quantitative estimate of drug-likeness (QED) is 0.574. The van der Waals surface area contributed by atoms with E-state index in [0.717, 1.165) is 16.9 Å². The Bertz CT molecular complexity index is 1030. The van der Waals surface area contributed by atoms with Crippen molar-refractivity contribution in [2.75, 3.05) is 12.4 Å². The Morgan fingerprint density at radius 1 is 1.04 bits per heavy atom. The van der Waals surface area contributed by atoms with Crippen molar-refractivity contribution in [3.8, 4) is 0 Å². The van der Waals surface area contributed by atoms with Gasteiger partial charge in [-0.15, -0.1) is 10.2 Å². The standard InChI is InChI=1S/C19H13Cl2N3O3S/c1-27-19(26)12-4-2-11(3-5-12)10-15(21)17-23-24-18(28-17)16(25)22-14-8-6-13(20)7-9-14/h2-10H,1H3,(H,22,25)/b15-10-. The molecule has 0 radical (unpaired) electrons. The number of esters is 1. The summed E-state index contributed by atoms with van der Waals surface area (Å²) in [7, 11) is 1.32. The van der Waals surface area contributed by atoms with Crippen LogP contribution in [0.25, 0.3) is 11.1 Å². The molecular formula is C19H13Cl2N3O3S. The Balaban J connectivity index is 1.71.